The Bertz CT molecular complexity index is 377. The van der Waals surface area contributed by atoms with E-state index in [1.165, 1.54) is 19.2 Å². The first-order valence-corrected chi connectivity index (χ1v) is 5.68. The van der Waals surface area contributed by atoms with Crippen molar-refractivity contribution < 1.29 is 19.9 Å². The molecule has 0 aromatic heterocycles. The van der Waals surface area contributed by atoms with Crippen molar-refractivity contribution in [3.63, 3.8) is 0 Å². The van der Waals surface area contributed by atoms with Crippen LogP contribution in [0.1, 0.15) is 25.3 Å². The molecule has 0 heterocycles. The topological polar surface area (TPSA) is 92.8 Å². The zero-order chi connectivity index (χ0) is 14.1. The number of benzene rings is 1. The molecule has 1 aromatic carbocycles. The van der Waals surface area contributed by atoms with Gasteiger partial charge in [-0.05, 0) is 12.1 Å². The molecule has 0 aliphatic rings. The van der Waals surface area contributed by atoms with Gasteiger partial charge in [0.1, 0.15) is 5.75 Å². The normalized spacial score (nSPS) is 9.67. The van der Waals surface area contributed by atoms with Gasteiger partial charge in [-0.1, -0.05) is 13.8 Å². The first kappa shape index (κ1) is 16.3. The third-order valence-corrected chi connectivity index (χ3v) is 2.31. The smallest absolute Gasteiger partial charge is 0.276 e. The molecule has 0 unspecified atom stereocenters. The molecule has 1 rings (SSSR count). The monoisotopic (exact) mass is 257 g/mol. The molecule has 6 nitrogen and oxygen atoms in total. The molecule has 0 saturated heterocycles. The van der Waals surface area contributed by atoms with E-state index >= 15 is 0 Å². The lowest BCUT2D eigenvalue weighted by atomic mass is 9.99. The highest BCUT2D eigenvalue weighted by atomic mass is 16.6. The number of rotatable bonds is 5. The third kappa shape index (κ3) is 3.97. The summed E-state index contributed by atoms with van der Waals surface area (Å²) in [6.45, 7) is 3.31. The fourth-order valence-corrected chi connectivity index (χ4v) is 1.41. The molecule has 6 heteroatoms. The maximum Gasteiger partial charge on any atom is 0.276 e. The molecule has 0 bridgehead atoms. The molecule has 0 spiro atoms. The second kappa shape index (κ2) is 8.43. The minimum absolute atomic E-state index is 0.160. The Kier molecular flexibility index (Phi) is 7.66. The number of nitrogens with zero attached hydrogens (tertiary/aromatic N) is 1. The molecular weight excluding hydrogens is 238 g/mol. The first-order chi connectivity index (χ1) is 8.63. The minimum Gasteiger partial charge on any atom is -0.497 e. The van der Waals surface area contributed by atoms with Crippen LogP contribution in [0.25, 0.3) is 0 Å². The van der Waals surface area contributed by atoms with Crippen LogP contribution in [-0.2, 0) is 0 Å². The fraction of sp³-hybridized carbons (Fsp3) is 0.500. The third-order valence-electron chi connectivity index (χ3n) is 2.31. The number of aliphatic hydroxyl groups excluding tert-OH is 2. The van der Waals surface area contributed by atoms with Crippen LogP contribution in [0.4, 0.5) is 5.69 Å². The predicted octanol–water partition coefficient (Wildman–Crippen LogP) is 1.70. The second-order valence-corrected chi connectivity index (χ2v) is 3.24. The van der Waals surface area contributed by atoms with Gasteiger partial charge in [-0.3, -0.25) is 10.1 Å². The number of methoxy groups -OCH3 is 1. The van der Waals surface area contributed by atoms with E-state index < -0.39 is 10.8 Å². The molecule has 2 N–H and O–H groups in total. The van der Waals surface area contributed by atoms with Crippen molar-refractivity contribution in [2.45, 2.75) is 19.8 Å². The maximum absolute atomic E-state index is 10.8. The standard InChI is InChI=1S/C10H13NO5.C2H6/c1-16-8-2-3-9(7(5-12)6-13)10(4-8)11(14)15;1-2/h2-4,7,12-13H,5-6H2,1H3;1-2H3. The van der Waals surface area contributed by atoms with Gasteiger partial charge in [-0.15, -0.1) is 0 Å². The molecule has 0 aliphatic heterocycles. The number of hydrogen-bond donors (Lipinski definition) is 2. The number of nitro benzene ring substituents is 1. The van der Waals surface area contributed by atoms with E-state index in [1.807, 2.05) is 13.8 Å². The van der Waals surface area contributed by atoms with Crippen LogP contribution < -0.4 is 4.74 Å². The van der Waals surface area contributed by atoms with Crippen molar-refractivity contribution in [1.29, 1.82) is 0 Å². The Balaban J connectivity index is 0.00000137. The molecule has 0 aliphatic carbocycles. The van der Waals surface area contributed by atoms with Crippen LogP contribution >= 0.6 is 0 Å². The van der Waals surface area contributed by atoms with Crippen molar-refractivity contribution in [3.8, 4) is 5.75 Å². The maximum atomic E-state index is 10.8. The van der Waals surface area contributed by atoms with Gasteiger partial charge in [-0.25, -0.2) is 0 Å². The molecular formula is C12H19NO5. The summed E-state index contributed by atoms with van der Waals surface area (Å²) in [5.74, 6) is -0.281. The minimum atomic E-state index is -0.647. The fourth-order valence-electron chi connectivity index (χ4n) is 1.41. The zero-order valence-corrected chi connectivity index (χ0v) is 10.8. The van der Waals surface area contributed by atoms with Crippen LogP contribution in [0.15, 0.2) is 18.2 Å². The van der Waals surface area contributed by atoms with Crippen molar-refractivity contribution in [2.24, 2.45) is 0 Å². The van der Waals surface area contributed by atoms with Crippen LogP contribution in [0.5, 0.6) is 5.75 Å². The van der Waals surface area contributed by atoms with Crippen LogP contribution in [0, 0.1) is 10.1 Å². The van der Waals surface area contributed by atoms with Gasteiger partial charge in [-0.2, -0.15) is 0 Å². The molecule has 102 valence electrons. The summed E-state index contributed by atoms with van der Waals surface area (Å²) >= 11 is 0. The highest BCUT2D eigenvalue weighted by molar-refractivity contribution is 5.48. The Labute approximate surface area is 106 Å². The molecule has 0 amide bonds. The Morgan fingerprint density at radius 3 is 2.28 bits per heavy atom. The lowest BCUT2D eigenvalue weighted by molar-refractivity contribution is -0.385. The quantitative estimate of drug-likeness (QED) is 0.618. The Morgan fingerprint density at radius 2 is 1.89 bits per heavy atom. The Hall–Kier alpha value is -1.66. The zero-order valence-electron chi connectivity index (χ0n) is 10.8. The van der Waals surface area contributed by atoms with Gasteiger partial charge in [0.15, 0.2) is 0 Å². The number of nitro groups is 1. The number of ether oxygens (including phenoxy) is 1. The summed E-state index contributed by atoms with van der Waals surface area (Å²) in [5, 5.41) is 28.8. The molecule has 0 saturated carbocycles. The van der Waals surface area contributed by atoms with Crippen LogP contribution in [0.2, 0.25) is 0 Å². The van der Waals surface area contributed by atoms with E-state index in [0.29, 0.717) is 11.3 Å². The summed E-state index contributed by atoms with van der Waals surface area (Å²) < 4.78 is 4.88. The van der Waals surface area contributed by atoms with E-state index in [9.17, 15) is 10.1 Å². The molecule has 0 radical (unpaired) electrons. The number of hydrogen-bond acceptors (Lipinski definition) is 5. The Morgan fingerprint density at radius 1 is 1.33 bits per heavy atom. The average molecular weight is 257 g/mol. The van der Waals surface area contributed by atoms with Gasteiger partial charge in [0.25, 0.3) is 5.69 Å². The van der Waals surface area contributed by atoms with Gasteiger partial charge < -0.3 is 14.9 Å². The van der Waals surface area contributed by atoms with Crippen molar-refractivity contribution in [3.05, 3.63) is 33.9 Å². The highest BCUT2D eigenvalue weighted by Crippen LogP contribution is 2.30. The van der Waals surface area contributed by atoms with Crippen molar-refractivity contribution in [2.75, 3.05) is 20.3 Å². The average Bonchev–Trinajstić information content (AvgIpc) is 2.42. The second-order valence-electron chi connectivity index (χ2n) is 3.24. The van der Waals surface area contributed by atoms with Crippen LogP contribution in [0.3, 0.4) is 0 Å². The number of aliphatic hydroxyl groups is 2. The van der Waals surface area contributed by atoms with E-state index in [2.05, 4.69) is 0 Å². The van der Waals surface area contributed by atoms with Gasteiger partial charge in [0.2, 0.25) is 0 Å². The van der Waals surface area contributed by atoms with E-state index in [0.717, 1.165) is 0 Å². The van der Waals surface area contributed by atoms with Crippen molar-refractivity contribution in [1.82, 2.24) is 0 Å². The molecule has 0 atom stereocenters. The molecule has 18 heavy (non-hydrogen) atoms. The first-order valence-electron chi connectivity index (χ1n) is 5.68. The van der Waals surface area contributed by atoms with Gasteiger partial charge in [0, 0.05) is 11.5 Å². The molecule has 1 aromatic rings. The lowest BCUT2D eigenvalue weighted by Gasteiger charge is -2.12. The highest BCUT2D eigenvalue weighted by Gasteiger charge is 2.21. The van der Waals surface area contributed by atoms with E-state index in [4.69, 9.17) is 14.9 Å². The van der Waals surface area contributed by atoms with E-state index in [-0.39, 0.29) is 18.9 Å². The van der Waals surface area contributed by atoms with Gasteiger partial charge >= 0.3 is 0 Å². The van der Waals surface area contributed by atoms with Crippen molar-refractivity contribution >= 4 is 5.69 Å². The molecule has 0 fully saturated rings. The van der Waals surface area contributed by atoms with E-state index in [1.54, 1.807) is 6.07 Å². The largest absolute Gasteiger partial charge is 0.497 e. The van der Waals surface area contributed by atoms with Gasteiger partial charge in [0.05, 0.1) is 31.3 Å². The lowest BCUT2D eigenvalue weighted by Crippen LogP contribution is -2.11. The summed E-state index contributed by atoms with van der Waals surface area (Å²) in [4.78, 5) is 10.3. The SMILES string of the molecule is CC.COc1ccc(C(CO)CO)c([N+](=O)[O-])c1. The summed E-state index contributed by atoms with van der Waals surface area (Å²) in [6, 6.07) is 4.31. The van der Waals surface area contributed by atoms with Crippen LogP contribution in [-0.4, -0.2) is 35.5 Å². The summed E-state index contributed by atoms with van der Waals surface area (Å²) in [6.07, 6.45) is 0. The summed E-state index contributed by atoms with van der Waals surface area (Å²) in [7, 11) is 1.41. The summed E-state index contributed by atoms with van der Waals surface area (Å²) in [5.41, 5.74) is 0.142. The predicted molar refractivity (Wildman–Crippen MR) is 67.9 cm³/mol.